The van der Waals surface area contributed by atoms with Crippen LogP contribution in [0.1, 0.15) is 27.0 Å². The van der Waals surface area contributed by atoms with Crippen molar-refractivity contribution < 1.29 is 14.3 Å². The molecule has 0 aliphatic carbocycles. The summed E-state index contributed by atoms with van der Waals surface area (Å²) in [5.74, 6) is 0.253. The van der Waals surface area contributed by atoms with Gasteiger partial charge in [-0.25, -0.2) is 4.79 Å². The molecule has 24 heavy (non-hydrogen) atoms. The molecule has 2 rings (SSSR count). The minimum absolute atomic E-state index is 0.271. The number of rotatable bonds is 6. The van der Waals surface area contributed by atoms with Gasteiger partial charge in [0, 0.05) is 13.5 Å². The maximum atomic E-state index is 12.4. The van der Waals surface area contributed by atoms with Crippen LogP contribution in [0.2, 0.25) is 0 Å². The minimum Gasteiger partial charge on any atom is -0.492 e. The number of carbonyl (C=O) groups is 1. The third kappa shape index (κ3) is 3.56. The lowest BCUT2D eigenvalue weighted by Crippen LogP contribution is -2.10. The van der Waals surface area contributed by atoms with E-state index in [-0.39, 0.29) is 6.61 Å². The van der Waals surface area contributed by atoms with E-state index >= 15 is 0 Å². The Hall–Kier alpha value is -2.01. The van der Waals surface area contributed by atoms with Gasteiger partial charge in [-0.05, 0) is 24.6 Å². The van der Waals surface area contributed by atoms with Gasteiger partial charge in [-0.1, -0.05) is 12.1 Å². The van der Waals surface area contributed by atoms with Gasteiger partial charge in [-0.3, -0.25) is 0 Å². The van der Waals surface area contributed by atoms with E-state index in [1.807, 2.05) is 19.1 Å². The first-order chi connectivity index (χ1) is 11.5. The molecule has 1 unspecified atom stereocenters. The zero-order valence-corrected chi connectivity index (χ0v) is 15.2. The SMILES string of the molecule is CCOC(=O)c1c(-c2ccc(OCCN)cc2)c(C#N)c(C)[s+]1S. The molecule has 1 aromatic heterocycles. The molecule has 0 amide bonds. The summed E-state index contributed by atoms with van der Waals surface area (Å²) in [5, 5.41) is 9.52. The van der Waals surface area contributed by atoms with Gasteiger partial charge in [0.1, 0.15) is 35.6 Å². The first kappa shape index (κ1) is 18.3. The van der Waals surface area contributed by atoms with Gasteiger partial charge in [-0.2, -0.15) is 5.26 Å². The Morgan fingerprint density at radius 1 is 1.38 bits per heavy atom. The Morgan fingerprint density at radius 2 is 2.04 bits per heavy atom. The number of benzene rings is 1. The highest BCUT2D eigenvalue weighted by atomic mass is 33.1. The summed E-state index contributed by atoms with van der Waals surface area (Å²) in [7, 11) is -0.749. The second-order valence-corrected chi connectivity index (χ2v) is 7.60. The molecule has 1 heterocycles. The zero-order valence-electron chi connectivity index (χ0n) is 13.5. The van der Waals surface area contributed by atoms with Crippen molar-refractivity contribution in [3.05, 3.63) is 39.6 Å². The molecule has 0 radical (unpaired) electrons. The number of nitrogens with two attached hydrogens (primary N) is 1. The molecule has 0 saturated heterocycles. The van der Waals surface area contributed by atoms with Crippen molar-refractivity contribution in [2.75, 3.05) is 19.8 Å². The monoisotopic (exact) mass is 363 g/mol. The average Bonchev–Trinajstić information content (AvgIpc) is 2.84. The zero-order chi connectivity index (χ0) is 17.7. The fourth-order valence-electron chi connectivity index (χ4n) is 2.32. The van der Waals surface area contributed by atoms with E-state index in [0.717, 1.165) is 10.4 Å². The Labute approximate surface area is 148 Å². The maximum Gasteiger partial charge on any atom is 0.393 e. The average molecular weight is 363 g/mol. The van der Waals surface area contributed by atoms with Gasteiger partial charge in [0.2, 0.25) is 0 Å². The van der Waals surface area contributed by atoms with E-state index in [0.29, 0.717) is 34.9 Å². The Morgan fingerprint density at radius 3 is 2.58 bits per heavy atom. The van der Waals surface area contributed by atoms with Crippen LogP contribution in [0.3, 0.4) is 0 Å². The topological polar surface area (TPSA) is 85.3 Å². The third-order valence-electron chi connectivity index (χ3n) is 3.41. The van der Waals surface area contributed by atoms with Crippen molar-refractivity contribution in [3.63, 3.8) is 0 Å². The highest BCUT2D eigenvalue weighted by molar-refractivity contribution is 8.34. The summed E-state index contributed by atoms with van der Waals surface area (Å²) in [6.45, 7) is 4.70. The Balaban J connectivity index is 2.54. The van der Waals surface area contributed by atoms with Crippen LogP contribution >= 0.6 is 21.2 Å². The number of thiol groups is 1. The molecule has 0 saturated carbocycles. The van der Waals surface area contributed by atoms with Crippen LogP contribution in [-0.2, 0) is 4.74 Å². The molecular weight excluding hydrogens is 344 g/mol. The lowest BCUT2D eigenvalue weighted by Gasteiger charge is -2.06. The highest BCUT2D eigenvalue weighted by Crippen LogP contribution is 2.46. The lowest BCUT2D eigenvalue weighted by atomic mass is 10.0. The number of nitriles is 1. The number of carbonyl (C=O) groups excluding carboxylic acids is 1. The van der Waals surface area contributed by atoms with E-state index in [2.05, 4.69) is 17.7 Å². The minimum atomic E-state index is -0.749. The predicted molar refractivity (Wildman–Crippen MR) is 98.7 cm³/mol. The second-order valence-electron chi connectivity index (χ2n) is 4.91. The van der Waals surface area contributed by atoms with E-state index in [1.54, 1.807) is 19.1 Å². The first-order valence-electron chi connectivity index (χ1n) is 7.44. The number of thiophene rings is 1. The van der Waals surface area contributed by atoms with Crippen LogP contribution in [0.25, 0.3) is 11.1 Å². The molecule has 7 heteroatoms. The molecule has 0 bridgehead atoms. The van der Waals surface area contributed by atoms with Gasteiger partial charge in [0.25, 0.3) is 4.88 Å². The molecule has 2 N–H and O–H groups in total. The predicted octanol–water partition coefficient (Wildman–Crippen LogP) is 3.49. The van der Waals surface area contributed by atoms with Gasteiger partial charge < -0.3 is 15.2 Å². The number of ether oxygens (including phenoxy) is 2. The molecule has 126 valence electrons. The molecule has 0 aliphatic rings. The fourth-order valence-corrected chi connectivity index (χ4v) is 4.37. The van der Waals surface area contributed by atoms with Crippen LogP contribution in [-0.4, -0.2) is 25.7 Å². The van der Waals surface area contributed by atoms with E-state index in [9.17, 15) is 10.1 Å². The third-order valence-corrected chi connectivity index (χ3v) is 6.33. The smallest absolute Gasteiger partial charge is 0.393 e. The molecule has 5 nitrogen and oxygen atoms in total. The standard InChI is InChI=1S/C17H19N2O3S2/c1-3-21-17(20)16-15(14(10-19)11(2)24(16)23)12-4-6-13(7-5-12)22-9-8-18/h4-7,23H,3,8-9,18H2,1-2H3/q+1. The van der Waals surface area contributed by atoms with Crippen molar-refractivity contribution in [1.82, 2.24) is 0 Å². The summed E-state index contributed by atoms with van der Waals surface area (Å²) in [6.07, 6.45) is 0. The molecule has 0 aliphatic heterocycles. The number of esters is 1. The summed E-state index contributed by atoms with van der Waals surface area (Å²) >= 11 is 4.53. The fraction of sp³-hybridized carbons (Fsp3) is 0.294. The van der Waals surface area contributed by atoms with Gasteiger partial charge in [0.15, 0.2) is 4.88 Å². The van der Waals surface area contributed by atoms with Crippen LogP contribution in [0.4, 0.5) is 0 Å². The normalized spacial score (nSPS) is 11.0. The lowest BCUT2D eigenvalue weighted by molar-refractivity contribution is 0.0533. The number of nitrogens with zero attached hydrogens (tertiary/aromatic N) is 1. The molecule has 0 fully saturated rings. The largest absolute Gasteiger partial charge is 0.492 e. The molecule has 1 aromatic carbocycles. The van der Waals surface area contributed by atoms with Crippen molar-refractivity contribution >= 4 is 27.1 Å². The van der Waals surface area contributed by atoms with Crippen LogP contribution < -0.4 is 10.5 Å². The van der Waals surface area contributed by atoms with Crippen molar-refractivity contribution in [2.45, 2.75) is 13.8 Å². The summed E-state index contributed by atoms with van der Waals surface area (Å²) in [4.78, 5) is 13.6. The molecule has 2 aromatic rings. The number of hydrogen-bond acceptors (Lipinski definition) is 6. The van der Waals surface area contributed by atoms with Crippen LogP contribution in [0.5, 0.6) is 5.75 Å². The molecule has 1 atom stereocenters. The maximum absolute atomic E-state index is 12.4. The van der Waals surface area contributed by atoms with E-state index < -0.39 is 15.5 Å². The highest BCUT2D eigenvalue weighted by Gasteiger charge is 2.35. The quantitative estimate of drug-likeness (QED) is 0.355. The van der Waals surface area contributed by atoms with Gasteiger partial charge >= 0.3 is 5.97 Å². The van der Waals surface area contributed by atoms with Crippen LogP contribution in [0.15, 0.2) is 24.3 Å². The van der Waals surface area contributed by atoms with Crippen molar-refractivity contribution in [1.29, 1.82) is 5.26 Å². The van der Waals surface area contributed by atoms with Crippen molar-refractivity contribution in [2.24, 2.45) is 5.73 Å². The second kappa shape index (κ2) is 8.20. The van der Waals surface area contributed by atoms with Gasteiger partial charge in [-0.15, -0.1) is 0 Å². The Kier molecular flexibility index (Phi) is 6.26. The van der Waals surface area contributed by atoms with Crippen molar-refractivity contribution in [3.8, 4) is 22.9 Å². The number of hydrogen-bond donors (Lipinski definition) is 2. The molecular formula is C17H19N2O3S2+. The summed E-state index contributed by atoms with van der Waals surface area (Å²) in [5.41, 5.74) is 7.25. The van der Waals surface area contributed by atoms with Crippen LogP contribution in [0, 0.1) is 18.3 Å². The molecule has 0 spiro atoms. The first-order valence-corrected chi connectivity index (χ1v) is 9.72. The van der Waals surface area contributed by atoms with Gasteiger partial charge in [0.05, 0.1) is 21.7 Å². The van der Waals surface area contributed by atoms with E-state index in [4.69, 9.17) is 15.2 Å². The summed E-state index contributed by atoms with van der Waals surface area (Å²) in [6, 6.07) is 9.42. The Bertz CT molecular complexity index is 777. The summed E-state index contributed by atoms with van der Waals surface area (Å²) < 4.78 is 10.6. The van der Waals surface area contributed by atoms with E-state index in [1.165, 1.54) is 0 Å².